The second-order valence-electron chi connectivity index (χ2n) is 3.91. The summed E-state index contributed by atoms with van der Waals surface area (Å²) in [6, 6.07) is 0. The largest absolute Gasteiger partial charge is 0.247 e. The summed E-state index contributed by atoms with van der Waals surface area (Å²) >= 11 is 0. The molecule has 0 amide bonds. The molecule has 0 saturated heterocycles. The molecule has 0 aromatic heterocycles. The molecule has 4 unspecified atom stereocenters. The molecule has 0 aromatic rings. The molecule has 1 rings (SSSR count). The molecule has 0 aromatic carbocycles. The Labute approximate surface area is 71.1 Å². The smallest absolute Gasteiger partial charge is 0.137 e. The molecule has 0 aliphatic heterocycles. The van der Waals surface area contributed by atoms with Crippen molar-refractivity contribution >= 4 is 0 Å². The van der Waals surface area contributed by atoms with Crippen molar-refractivity contribution in [3.8, 4) is 0 Å². The number of halogens is 3. The number of hydrogen-bond acceptors (Lipinski definition) is 0. The van der Waals surface area contributed by atoms with Crippen LogP contribution in [0.5, 0.6) is 0 Å². The second kappa shape index (κ2) is 3.27. The summed E-state index contributed by atoms with van der Waals surface area (Å²) in [6.45, 7) is 4.65. The van der Waals surface area contributed by atoms with Gasteiger partial charge in [0.05, 0.1) is 0 Å². The van der Waals surface area contributed by atoms with Crippen LogP contribution in [0.25, 0.3) is 0 Å². The predicted molar refractivity (Wildman–Crippen MR) is 42.2 cm³/mol. The highest BCUT2D eigenvalue weighted by molar-refractivity contribution is 4.93. The number of rotatable bonds is 0. The zero-order chi connectivity index (χ0) is 9.46. The van der Waals surface area contributed by atoms with Gasteiger partial charge >= 0.3 is 0 Å². The van der Waals surface area contributed by atoms with E-state index in [-0.39, 0.29) is 5.92 Å². The Kier molecular flexibility index (Phi) is 2.69. The summed E-state index contributed by atoms with van der Waals surface area (Å²) in [5.41, 5.74) is 0. The van der Waals surface area contributed by atoms with E-state index in [0.29, 0.717) is 0 Å². The molecule has 0 spiro atoms. The van der Waals surface area contributed by atoms with Gasteiger partial charge in [0.2, 0.25) is 0 Å². The quantitative estimate of drug-likeness (QED) is 0.537. The highest BCUT2D eigenvalue weighted by Gasteiger charge is 2.46. The average molecular weight is 180 g/mol. The van der Waals surface area contributed by atoms with E-state index in [1.54, 1.807) is 13.8 Å². The molecule has 12 heavy (non-hydrogen) atoms. The lowest BCUT2D eigenvalue weighted by Crippen LogP contribution is -2.47. The molecular formula is C9H15F3. The van der Waals surface area contributed by atoms with Gasteiger partial charge < -0.3 is 0 Å². The van der Waals surface area contributed by atoms with Gasteiger partial charge in [-0.3, -0.25) is 0 Å². The molecule has 6 atom stereocenters. The maximum absolute atomic E-state index is 13.2. The normalized spacial score (nSPS) is 55.5. The Balaban J connectivity index is 2.76. The lowest BCUT2D eigenvalue weighted by Gasteiger charge is -2.38. The van der Waals surface area contributed by atoms with Crippen LogP contribution in [-0.2, 0) is 0 Å². The molecule has 0 nitrogen and oxygen atoms in total. The summed E-state index contributed by atoms with van der Waals surface area (Å²) in [5, 5.41) is 0. The van der Waals surface area contributed by atoms with Crippen molar-refractivity contribution in [3.05, 3.63) is 0 Å². The fourth-order valence-electron chi connectivity index (χ4n) is 1.81. The Morgan fingerprint density at radius 2 is 0.917 bits per heavy atom. The highest BCUT2D eigenvalue weighted by Crippen LogP contribution is 2.39. The molecule has 0 N–H and O–H groups in total. The van der Waals surface area contributed by atoms with Crippen LogP contribution in [-0.4, -0.2) is 18.5 Å². The number of hydrogen-bond donors (Lipinski definition) is 0. The van der Waals surface area contributed by atoms with Gasteiger partial charge in [0, 0.05) is 5.92 Å². The van der Waals surface area contributed by atoms with Crippen LogP contribution in [0.2, 0.25) is 0 Å². The van der Waals surface area contributed by atoms with Crippen molar-refractivity contribution in [2.45, 2.75) is 39.3 Å². The minimum absolute atomic E-state index is 0.373. The third-order valence-corrected chi connectivity index (χ3v) is 3.14. The Bertz CT molecular complexity index is 101. The van der Waals surface area contributed by atoms with E-state index >= 15 is 0 Å². The van der Waals surface area contributed by atoms with Crippen LogP contribution in [0.1, 0.15) is 20.8 Å². The minimum Gasteiger partial charge on any atom is -0.247 e. The standard InChI is InChI=1S/C9H15F3/c1-4-5(2)8(11)9(12)6(3)7(4)10/h4-9H,1-3H3/t4-,5+,6?,7?,8?,9?/m0/s1. The third-order valence-electron chi connectivity index (χ3n) is 3.14. The molecule has 0 heterocycles. The van der Waals surface area contributed by atoms with Crippen molar-refractivity contribution < 1.29 is 13.2 Å². The van der Waals surface area contributed by atoms with E-state index in [9.17, 15) is 13.2 Å². The van der Waals surface area contributed by atoms with Gasteiger partial charge in [-0.25, -0.2) is 13.2 Å². The first-order chi connectivity index (χ1) is 5.46. The van der Waals surface area contributed by atoms with Gasteiger partial charge in [-0.15, -0.1) is 0 Å². The van der Waals surface area contributed by atoms with Crippen molar-refractivity contribution in [1.29, 1.82) is 0 Å². The van der Waals surface area contributed by atoms with Gasteiger partial charge in [-0.05, 0) is 11.8 Å². The summed E-state index contributed by atoms with van der Waals surface area (Å²) in [7, 11) is 0. The molecule has 0 radical (unpaired) electrons. The van der Waals surface area contributed by atoms with Crippen molar-refractivity contribution in [2.24, 2.45) is 17.8 Å². The Morgan fingerprint density at radius 3 is 1.42 bits per heavy atom. The van der Waals surface area contributed by atoms with Crippen LogP contribution in [0.4, 0.5) is 13.2 Å². The lowest BCUT2D eigenvalue weighted by molar-refractivity contribution is -0.0482. The molecule has 0 bridgehead atoms. The van der Waals surface area contributed by atoms with E-state index in [2.05, 4.69) is 0 Å². The number of alkyl halides is 3. The van der Waals surface area contributed by atoms with Crippen molar-refractivity contribution in [1.82, 2.24) is 0 Å². The summed E-state index contributed by atoms with van der Waals surface area (Å²) < 4.78 is 39.4. The van der Waals surface area contributed by atoms with Gasteiger partial charge in [-0.1, -0.05) is 20.8 Å². The molecule has 72 valence electrons. The van der Waals surface area contributed by atoms with E-state index in [1.165, 1.54) is 6.92 Å². The maximum atomic E-state index is 13.2. The monoisotopic (exact) mass is 180 g/mol. The summed E-state index contributed by atoms with van der Waals surface area (Å²) in [4.78, 5) is 0. The third kappa shape index (κ3) is 1.34. The van der Waals surface area contributed by atoms with Crippen molar-refractivity contribution in [3.63, 3.8) is 0 Å². The van der Waals surface area contributed by atoms with Crippen LogP contribution in [0, 0.1) is 17.8 Å². The van der Waals surface area contributed by atoms with E-state index in [1.807, 2.05) is 0 Å². The van der Waals surface area contributed by atoms with Crippen LogP contribution in [0.15, 0.2) is 0 Å². The molecule has 1 saturated carbocycles. The van der Waals surface area contributed by atoms with Gasteiger partial charge in [-0.2, -0.15) is 0 Å². The first-order valence-electron chi connectivity index (χ1n) is 4.39. The minimum atomic E-state index is -1.63. The van der Waals surface area contributed by atoms with E-state index < -0.39 is 30.4 Å². The Morgan fingerprint density at radius 1 is 0.583 bits per heavy atom. The van der Waals surface area contributed by atoms with Crippen LogP contribution >= 0.6 is 0 Å². The molecule has 1 aliphatic carbocycles. The van der Waals surface area contributed by atoms with Crippen LogP contribution in [0.3, 0.4) is 0 Å². The van der Waals surface area contributed by atoms with E-state index in [0.717, 1.165) is 0 Å². The molecule has 3 heteroatoms. The zero-order valence-corrected chi connectivity index (χ0v) is 7.60. The predicted octanol–water partition coefficient (Wildman–Crippen LogP) is 2.92. The van der Waals surface area contributed by atoms with Crippen molar-refractivity contribution in [2.75, 3.05) is 0 Å². The second-order valence-corrected chi connectivity index (χ2v) is 3.91. The fourth-order valence-corrected chi connectivity index (χ4v) is 1.81. The Hall–Kier alpha value is -0.210. The first-order valence-corrected chi connectivity index (χ1v) is 4.39. The molecule has 1 aliphatic rings. The highest BCUT2D eigenvalue weighted by atomic mass is 19.2. The van der Waals surface area contributed by atoms with E-state index in [4.69, 9.17) is 0 Å². The lowest BCUT2D eigenvalue weighted by atomic mass is 9.73. The zero-order valence-electron chi connectivity index (χ0n) is 7.60. The maximum Gasteiger partial charge on any atom is 0.137 e. The van der Waals surface area contributed by atoms with Gasteiger partial charge in [0.1, 0.15) is 18.5 Å². The average Bonchev–Trinajstić information content (AvgIpc) is 2.08. The summed E-state index contributed by atoms with van der Waals surface area (Å²) in [6.07, 6.45) is -4.34. The topological polar surface area (TPSA) is 0 Å². The molecular weight excluding hydrogens is 165 g/mol. The first kappa shape index (κ1) is 9.87. The summed E-state index contributed by atoms with van der Waals surface area (Å²) in [5.74, 6) is -1.68. The van der Waals surface area contributed by atoms with Gasteiger partial charge in [0.15, 0.2) is 0 Å². The fraction of sp³-hybridized carbons (Fsp3) is 1.00. The van der Waals surface area contributed by atoms with Crippen LogP contribution < -0.4 is 0 Å². The SMILES string of the molecule is CC1C(F)C(F)[C@H](C)[C@H](C)C1F. The van der Waals surface area contributed by atoms with Gasteiger partial charge in [0.25, 0.3) is 0 Å². The molecule has 1 fully saturated rings.